The van der Waals surface area contributed by atoms with Crippen LogP contribution in [-0.4, -0.2) is 40.9 Å². The highest BCUT2D eigenvalue weighted by Crippen LogP contribution is 2.16. The minimum atomic E-state index is 0.0155. The maximum absolute atomic E-state index is 11.6. The number of carbonyl (C=O) groups is 1. The average molecular weight is 237 g/mol. The third-order valence-corrected chi connectivity index (χ3v) is 2.60. The van der Waals surface area contributed by atoms with Gasteiger partial charge in [0.2, 0.25) is 5.91 Å². The molecule has 0 atom stereocenters. The van der Waals surface area contributed by atoms with Crippen molar-refractivity contribution < 1.29 is 4.79 Å². The Kier molecular flexibility index (Phi) is 4.25. The molecule has 1 rings (SSSR count). The molecule has 0 unspecified atom stereocenters. The van der Waals surface area contributed by atoms with Gasteiger partial charge in [-0.25, -0.2) is 9.97 Å². The number of likely N-dealkylation sites (N-methyl/N-ethyl adjacent to an activating group) is 1. The molecule has 0 aliphatic heterocycles. The third-order valence-electron chi connectivity index (χ3n) is 2.60. The Balaban J connectivity index is 2.73. The van der Waals surface area contributed by atoms with Gasteiger partial charge in [0.05, 0.1) is 6.54 Å². The molecule has 1 heterocycles. The average Bonchev–Trinajstić information content (AvgIpc) is 2.30. The van der Waals surface area contributed by atoms with Crippen LogP contribution in [-0.2, 0) is 4.79 Å². The Morgan fingerprint density at radius 1 is 1.41 bits per heavy atom. The molecular weight excluding hydrogens is 218 g/mol. The van der Waals surface area contributed by atoms with Gasteiger partial charge in [-0.15, -0.1) is 0 Å². The Morgan fingerprint density at radius 2 is 2.06 bits per heavy atom. The summed E-state index contributed by atoms with van der Waals surface area (Å²) in [7, 11) is 1.76. The summed E-state index contributed by atoms with van der Waals surface area (Å²) >= 11 is 0. The van der Waals surface area contributed by atoms with Gasteiger partial charge in [0.1, 0.15) is 17.5 Å². The zero-order valence-electron chi connectivity index (χ0n) is 10.7. The van der Waals surface area contributed by atoms with Crippen LogP contribution in [0.5, 0.6) is 0 Å². The van der Waals surface area contributed by atoms with Crippen molar-refractivity contribution in [3.8, 4) is 0 Å². The molecule has 0 radical (unpaired) electrons. The maximum Gasteiger partial charge on any atom is 0.241 e. The van der Waals surface area contributed by atoms with Crippen molar-refractivity contribution in [2.45, 2.75) is 20.8 Å². The summed E-state index contributed by atoms with van der Waals surface area (Å²) in [6, 6.07) is 0. The first-order valence-corrected chi connectivity index (χ1v) is 5.54. The first-order valence-electron chi connectivity index (χ1n) is 5.54. The van der Waals surface area contributed by atoms with Crippen LogP contribution in [0.2, 0.25) is 0 Å². The molecule has 0 saturated heterocycles. The van der Waals surface area contributed by atoms with E-state index in [9.17, 15) is 4.79 Å². The first-order chi connectivity index (χ1) is 7.95. The molecule has 0 aliphatic rings. The summed E-state index contributed by atoms with van der Waals surface area (Å²) in [4.78, 5) is 21.5. The number of aryl methyl sites for hydroxylation is 1. The number of hydrogen-bond donors (Lipinski definition) is 2. The first kappa shape index (κ1) is 13.2. The van der Waals surface area contributed by atoms with Gasteiger partial charge in [-0.1, -0.05) is 0 Å². The van der Waals surface area contributed by atoms with Crippen LogP contribution in [0, 0.1) is 13.8 Å². The second-order valence-electron chi connectivity index (χ2n) is 3.89. The number of nitrogen functional groups attached to an aromatic ring is 1. The van der Waals surface area contributed by atoms with E-state index in [1.807, 2.05) is 13.8 Å². The summed E-state index contributed by atoms with van der Waals surface area (Å²) in [6.45, 7) is 6.41. The van der Waals surface area contributed by atoms with E-state index in [1.54, 1.807) is 18.9 Å². The summed E-state index contributed by atoms with van der Waals surface area (Å²) in [6.07, 6.45) is 0. The summed E-state index contributed by atoms with van der Waals surface area (Å²) in [5.41, 5.74) is 6.49. The summed E-state index contributed by atoms with van der Waals surface area (Å²) in [5, 5.41) is 2.99. The molecular formula is C11H19N5O. The van der Waals surface area contributed by atoms with Crippen LogP contribution in [0.1, 0.15) is 18.3 Å². The number of aromatic nitrogens is 2. The van der Waals surface area contributed by atoms with Crippen molar-refractivity contribution in [2.24, 2.45) is 0 Å². The Morgan fingerprint density at radius 3 is 2.65 bits per heavy atom. The zero-order chi connectivity index (χ0) is 13.0. The van der Waals surface area contributed by atoms with Gasteiger partial charge in [0.15, 0.2) is 0 Å². The number of nitrogens with one attached hydrogen (secondary N) is 1. The van der Waals surface area contributed by atoms with E-state index < -0.39 is 0 Å². The fourth-order valence-electron chi connectivity index (χ4n) is 1.29. The normalized spacial score (nSPS) is 10.1. The SMILES string of the molecule is CCN(C)C(=O)CNc1nc(C)nc(N)c1C. The predicted molar refractivity (Wildman–Crippen MR) is 67.7 cm³/mol. The third kappa shape index (κ3) is 3.30. The van der Waals surface area contributed by atoms with Crippen molar-refractivity contribution in [1.82, 2.24) is 14.9 Å². The molecule has 0 aliphatic carbocycles. The van der Waals surface area contributed by atoms with Crippen molar-refractivity contribution in [3.05, 3.63) is 11.4 Å². The number of carbonyl (C=O) groups excluding carboxylic acids is 1. The van der Waals surface area contributed by atoms with Gasteiger partial charge in [-0.3, -0.25) is 4.79 Å². The van der Waals surface area contributed by atoms with Crippen molar-refractivity contribution >= 4 is 17.5 Å². The van der Waals surface area contributed by atoms with Gasteiger partial charge in [-0.2, -0.15) is 0 Å². The van der Waals surface area contributed by atoms with Crippen LogP contribution in [0.25, 0.3) is 0 Å². The standard InChI is InChI=1S/C11H19N5O/c1-5-16(4)9(17)6-13-11-7(2)10(12)14-8(3)15-11/h5-6H2,1-4H3,(H3,12,13,14,15). The highest BCUT2D eigenvalue weighted by molar-refractivity contribution is 5.80. The minimum absolute atomic E-state index is 0.0155. The van der Waals surface area contributed by atoms with E-state index in [0.29, 0.717) is 24.0 Å². The number of amides is 1. The minimum Gasteiger partial charge on any atom is -0.383 e. The van der Waals surface area contributed by atoms with Crippen LogP contribution in [0.15, 0.2) is 0 Å². The topological polar surface area (TPSA) is 84.1 Å². The molecule has 94 valence electrons. The molecule has 3 N–H and O–H groups in total. The quantitative estimate of drug-likeness (QED) is 0.799. The van der Waals surface area contributed by atoms with Crippen LogP contribution in [0.3, 0.4) is 0 Å². The van der Waals surface area contributed by atoms with Gasteiger partial charge < -0.3 is 16.0 Å². The molecule has 1 amide bonds. The van der Waals surface area contributed by atoms with E-state index in [4.69, 9.17) is 5.73 Å². The molecule has 0 fully saturated rings. The smallest absolute Gasteiger partial charge is 0.241 e. The van der Waals surface area contributed by atoms with Gasteiger partial charge in [0.25, 0.3) is 0 Å². The molecule has 6 nitrogen and oxygen atoms in total. The molecule has 0 spiro atoms. The van der Waals surface area contributed by atoms with Crippen LogP contribution in [0.4, 0.5) is 11.6 Å². The molecule has 1 aromatic rings. The number of rotatable bonds is 4. The lowest BCUT2D eigenvalue weighted by Crippen LogP contribution is -2.32. The van der Waals surface area contributed by atoms with Crippen LogP contribution >= 0.6 is 0 Å². The van der Waals surface area contributed by atoms with E-state index in [2.05, 4.69) is 15.3 Å². The zero-order valence-corrected chi connectivity index (χ0v) is 10.7. The number of anilines is 2. The molecule has 6 heteroatoms. The Labute approximate surface area is 101 Å². The molecule has 0 bridgehead atoms. The Bertz CT molecular complexity index is 419. The number of nitrogens with zero attached hydrogens (tertiary/aromatic N) is 3. The van der Waals surface area contributed by atoms with Crippen molar-refractivity contribution in [2.75, 3.05) is 31.2 Å². The predicted octanol–water partition coefficient (Wildman–Crippen LogP) is 0.566. The van der Waals surface area contributed by atoms with Crippen LogP contribution < -0.4 is 11.1 Å². The van der Waals surface area contributed by atoms with Gasteiger partial charge in [-0.05, 0) is 20.8 Å². The summed E-state index contributed by atoms with van der Waals surface area (Å²) in [5.74, 6) is 1.66. The van der Waals surface area contributed by atoms with E-state index in [0.717, 1.165) is 5.56 Å². The second kappa shape index (κ2) is 5.47. The molecule has 0 saturated carbocycles. The molecule has 17 heavy (non-hydrogen) atoms. The highest BCUT2D eigenvalue weighted by atomic mass is 16.2. The lowest BCUT2D eigenvalue weighted by atomic mass is 10.3. The number of hydrogen-bond acceptors (Lipinski definition) is 5. The highest BCUT2D eigenvalue weighted by Gasteiger charge is 2.10. The Hall–Kier alpha value is -1.85. The van der Waals surface area contributed by atoms with E-state index >= 15 is 0 Å². The number of nitrogens with two attached hydrogens (primary N) is 1. The molecule has 1 aromatic heterocycles. The lowest BCUT2D eigenvalue weighted by Gasteiger charge is -2.16. The fraction of sp³-hybridized carbons (Fsp3) is 0.545. The lowest BCUT2D eigenvalue weighted by molar-refractivity contribution is -0.127. The van der Waals surface area contributed by atoms with Crippen molar-refractivity contribution in [3.63, 3.8) is 0 Å². The largest absolute Gasteiger partial charge is 0.383 e. The molecule has 0 aromatic carbocycles. The monoisotopic (exact) mass is 237 g/mol. The maximum atomic E-state index is 11.6. The van der Waals surface area contributed by atoms with E-state index in [-0.39, 0.29) is 12.5 Å². The fourth-order valence-corrected chi connectivity index (χ4v) is 1.29. The van der Waals surface area contributed by atoms with E-state index in [1.165, 1.54) is 0 Å². The summed E-state index contributed by atoms with van der Waals surface area (Å²) < 4.78 is 0. The van der Waals surface area contributed by atoms with Crippen molar-refractivity contribution in [1.29, 1.82) is 0 Å². The van der Waals surface area contributed by atoms with Gasteiger partial charge >= 0.3 is 0 Å². The van der Waals surface area contributed by atoms with Gasteiger partial charge in [0, 0.05) is 19.2 Å². The second-order valence-corrected chi connectivity index (χ2v) is 3.89.